The zero-order valence-corrected chi connectivity index (χ0v) is 19.0. The zero-order valence-electron chi connectivity index (χ0n) is 18.2. The van der Waals surface area contributed by atoms with Crippen LogP contribution in [0, 0.1) is 19.8 Å². The Hall–Kier alpha value is -3.12. The van der Waals surface area contributed by atoms with Gasteiger partial charge in [0.25, 0.3) is 15.9 Å². The van der Waals surface area contributed by atoms with Crippen LogP contribution in [0.15, 0.2) is 77.7 Å². The monoisotopic (exact) mass is 436 g/mol. The summed E-state index contributed by atoms with van der Waals surface area (Å²) in [5.74, 6) is 0.0125. The third kappa shape index (κ3) is 5.52. The van der Waals surface area contributed by atoms with Gasteiger partial charge in [-0.2, -0.15) is 0 Å². The molecule has 3 rings (SSSR count). The molecule has 0 bridgehead atoms. The van der Waals surface area contributed by atoms with Crippen molar-refractivity contribution in [3.63, 3.8) is 0 Å². The topological polar surface area (TPSA) is 75.3 Å². The fraction of sp³-hybridized carbons (Fsp3) is 0.240. The first-order chi connectivity index (χ1) is 14.7. The molecule has 0 aromatic heterocycles. The van der Waals surface area contributed by atoms with Crippen LogP contribution in [0.1, 0.15) is 46.9 Å². The van der Waals surface area contributed by atoms with Crippen molar-refractivity contribution >= 4 is 21.6 Å². The summed E-state index contributed by atoms with van der Waals surface area (Å²) >= 11 is 0. The van der Waals surface area contributed by atoms with Crippen LogP contribution in [-0.2, 0) is 10.0 Å². The van der Waals surface area contributed by atoms with Crippen LogP contribution in [0.3, 0.4) is 0 Å². The summed E-state index contributed by atoms with van der Waals surface area (Å²) in [5, 5.41) is 3.13. The summed E-state index contributed by atoms with van der Waals surface area (Å²) in [6, 6.07) is 20.7. The Kier molecular flexibility index (Phi) is 6.81. The minimum atomic E-state index is -3.67. The number of anilines is 1. The fourth-order valence-electron chi connectivity index (χ4n) is 3.51. The summed E-state index contributed by atoms with van der Waals surface area (Å²) in [6.07, 6.45) is 0. The molecule has 3 aromatic carbocycles. The van der Waals surface area contributed by atoms with E-state index in [0.717, 1.165) is 11.1 Å². The summed E-state index contributed by atoms with van der Waals surface area (Å²) in [4.78, 5) is 13.1. The van der Waals surface area contributed by atoms with Gasteiger partial charge in [0.15, 0.2) is 0 Å². The second-order valence-corrected chi connectivity index (χ2v) is 9.73. The van der Waals surface area contributed by atoms with E-state index < -0.39 is 10.0 Å². The van der Waals surface area contributed by atoms with Gasteiger partial charge < -0.3 is 5.32 Å². The maximum Gasteiger partial charge on any atom is 0.261 e. The Morgan fingerprint density at radius 3 is 2.10 bits per heavy atom. The van der Waals surface area contributed by atoms with E-state index in [2.05, 4.69) is 49.0 Å². The minimum Gasteiger partial charge on any atom is -0.345 e. The van der Waals surface area contributed by atoms with Gasteiger partial charge in [0.2, 0.25) is 0 Å². The van der Waals surface area contributed by atoms with E-state index in [1.54, 1.807) is 42.5 Å². The van der Waals surface area contributed by atoms with Gasteiger partial charge in [-0.1, -0.05) is 55.8 Å². The molecule has 3 aromatic rings. The van der Waals surface area contributed by atoms with E-state index in [4.69, 9.17) is 0 Å². The van der Waals surface area contributed by atoms with Crippen molar-refractivity contribution in [1.29, 1.82) is 0 Å². The van der Waals surface area contributed by atoms with Gasteiger partial charge in [-0.05, 0) is 67.3 Å². The lowest BCUT2D eigenvalue weighted by Gasteiger charge is -2.25. The first-order valence-electron chi connectivity index (χ1n) is 10.2. The first kappa shape index (κ1) is 22.6. The Balaban J connectivity index is 1.75. The van der Waals surface area contributed by atoms with Gasteiger partial charge >= 0.3 is 0 Å². The molecule has 0 saturated carbocycles. The highest BCUT2D eigenvalue weighted by Crippen LogP contribution is 2.26. The standard InChI is InChI=1S/C25H28N2O3S/c1-17(2)24(23-15-10-18(3)16-19(23)4)26-25(28)20-11-13-21(14-12-20)27-31(29,30)22-8-6-5-7-9-22/h5-17,24,27H,1-4H3,(H,26,28)/t24-/m1/s1. The molecular formula is C25H28N2O3S. The van der Waals surface area contributed by atoms with Crippen molar-refractivity contribution in [2.45, 2.75) is 38.6 Å². The molecule has 1 amide bonds. The molecule has 0 aliphatic rings. The number of rotatable bonds is 7. The highest BCUT2D eigenvalue weighted by atomic mass is 32.2. The molecule has 0 fully saturated rings. The van der Waals surface area contributed by atoms with E-state index in [-0.39, 0.29) is 22.8 Å². The molecule has 0 unspecified atom stereocenters. The molecule has 0 aliphatic heterocycles. The summed E-state index contributed by atoms with van der Waals surface area (Å²) in [7, 11) is -3.67. The Morgan fingerprint density at radius 2 is 1.52 bits per heavy atom. The third-order valence-corrected chi connectivity index (χ3v) is 6.56. The van der Waals surface area contributed by atoms with Crippen LogP contribution in [-0.4, -0.2) is 14.3 Å². The van der Waals surface area contributed by atoms with Crippen LogP contribution >= 0.6 is 0 Å². The molecule has 1 atom stereocenters. The average Bonchev–Trinajstić information content (AvgIpc) is 2.73. The van der Waals surface area contributed by atoms with E-state index >= 15 is 0 Å². The number of hydrogen-bond donors (Lipinski definition) is 2. The second-order valence-electron chi connectivity index (χ2n) is 8.05. The molecule has 31 heavy (non-hydrogen) atoms. The van der Waals surface area contributed by atoms with E-state index in [9.17, 15) is 13.2 Å². The number of aryl methyl sites for hydroxylation is 2. The SMILES string of the molecule is Cc1ccc([C@H](NC(=O)c2ccc(NS(=O)(=O)c3ccccc3)cc2)C(C)C)c(C)c1. The van der Waals surface area contributed by atoms with Gasteiger partial charge in [-0.3, -0.25) is 9.52 Å². The summed E-state index contributed by atoms with van der Waals surface area (Å²) in [6.45, 7) is 8.25. The molecule has 0 aliphatic carbocycles. The molecule has 6 heteroatoms. The summed E-state index contributed by atoms with van der Waals surface area (Å²) < 4.78 is 27.5. The lowest BCUT2D eigenvalue weighted by Crippen LogP contribution is -2.32. The van der Waals surface area contributed by atoms with Crippen LogP contribution in [0.2, 0.25) is 0 Å². The van der Waals surface area contributed by atoms with Crippen molar-refractivity contribution in [1.82, 2.24) is 5.32 Å². The van der Waals surface area contributed by atoms with E-state index in [0.29, 0.717) is 11.3 Å². The van der Waals surface area contributed by atoms with Gasteiger partial charge in [0, 0.05) is 11.3 Å². The van der Waals surface area contributed by atoms with Crippen LogP contribution in [0.25, 0.3) is 0 Å². The minimum absolute atomic E-state index is 0.121. The quantitative estimate of drug-likeness (QED) is 0.532. The van der Waals surface area contributed by atoms with Crippen molar-refractivity contribution in [3.05, 3.63) is 95.1 Å². The molecule has 0 spiro atoms. The zero-order chi connectivity index (χ0) is 22.6. The Labute approximate surface area is 184 Å². The number of sulfonamides is 1. The van der Waals surface area contributed by atoms with Crippen LogP contribution in [0.5, 0.6) is 0 Å². The molecule has 0 saturated heterocycles. The predicted octanol–water partition coefficient (Wildman–Crippen LogP) is 5.23. The van der Waals surface area contributed by atoms with Crippen molar-refractivity contribution < 1.29 is 13.2 Å². The van der Waals surface area contributed by atoms with E-state index in [1.807, 2.05) is 6.92 Å². The van der Waals surface area contributed by atoms with Gasteiger partial charge in [-0.15, -0.1) is 0 Å². The highest BCUT2D eigenvalue weighted by Gasteiger charge is 2.21. The maximum atomic E-state index is 12.9. The van der Waals surface area contributed by atoms with E-state index in [1.165, 1.54) is 17.7 Å². The van der Waals surface area contributed by atoms with Crippen LogP contribution in [0.4, 0.5) is 5.69 Å². The Bertz CT molecular complexity index is 1160. The number of carbonyl (C=O) groups is 1. The van der Waals surface area contributed by atoms with Gasteiger partial charge in [-0.25, -0.2) is 8.42 Å². The highest BCUT2D eigenvalue weighted by molar-refractivity contribution is 7.92. The molecule has 0 radical (unpaired) electrons. The number of carbonyl (C=O) groups excluding carboxylic acids is 1. The Morgan fingerprint density at radius 1 is 0.871 bits per heavy atom. The number of hydrogen-bond acceptors (Lipinski definition) is 3. The normalized spacial score (nSPS) is 12.4. The largest absolute Gasteiger partial charge is 0.345 e. The smallest absolute Gasteiger partial charge is 0.261 e. The lowest BCUT2D eigenvalue weighted by atomic mass is 9.91. The molecule has 5 nitrogen and oxygen atoms in total. The number of nitrogens with one attached hydrogen (secondary N) is 2. The lowest BCUT2D eigenvalue weighted by molar-refractivity contribution is 0.0925. The fourth-order valence-corrected chi connectivity index (χ4v) is 4.59. The molecule has 0 heterocycles. The number of amides is 1. The third-order valence-electron chi connectivity index (χ3n) is 5.17. The second kappa shape index (κ2) is 9.35. The first-order valence-corrected chi connectivity index (χ1v) is 11.7. The molecule has 162 valence electrons. The van der Waals surface area contributed by atoms with Crippen LogP contribution < -0.4 is 10.0 Å². The maximum absolute atomic E-state index is 12.9. The van der Waals surface area contributed by atoms with Crippen molar-refractivity contribution in [2.24, 2.45) is 5.92 Å². The molecule has 2 N–H and O–H groups in total. The van der Waals surface area contributed by atoms with Gasteiger partial charge in [0.1, 0.15) is 0 Å². The number of benzene rings is 3. The molecular weight excluding hydrogens is 408 g/mol. The summed E-state index contributed by atoms with van der Waals surface area (Å²) in [5.41, 5.74) is 4.29. The van der Waals surface area contributed by atoms with Crippen molar-refractivity contribution in [2.75, 3.05) is 4.72 Å². The van der Waals surface area contributed by atoms with Gasteiger partial charge in [0.05, 0.1) is 10.9 Å². The predicted molar refractivity (Wildman–Crippen MR) is 125 cm³/mol. The van der Waals surface area contributed by atoms with Crippen molar-refractivity contribution in [3.8, 4) is 0 Å². The average molecular weight is 437 g/mol.